The van der Waals surface area contributed by atoms with Crippen molar-refractivity contribution < 1.29 is 5.11 Å². The standard InChI is InChI=1S/C15H14ClN3O/c1-15(18-19-17,12-7-9-13(16)10-8-12)14(20)11-5-3-2-4-6-11/h2-10,14,20H,1H3/t14-,15-/m0/s1. The maximum absolute atomic E-state index is 10.6. The fourth-order valence-corrected chi connectivity index (χ4v) is 2.24. The Hall–Kier alpha value is -2.00. The molecule has 0 bridgehead atoms. The minimum absolute atomic E-state index is 0.589. The zero-order chi connectivity index (χ0) is 14.6. The molecule has 0 amide bonds. The van der Waals surface area contributed by atoms with Crippen LogP contribution < -0.4 is 0 Å². The van der Waals surface area contributed by atoms with Gasteiger partial charge in [0.1, 0.15) is 5.54 Å². The van der Waals surface area contributed by atoms with Crippen LogP contribution in [-0.4, -0.2) is 5.11 Å². The van der Waals surface area contributed by atoms with Crippen molar-refractivity contribution in [1.29, 1.82) is 0 Å². The molecule has 102 valence electrons. The molecule has 0 unspecified atom stereocenters. The van der Waals surface area contributed by atoms with E-state index < -0.39 is 11.6 Å². The number of azide groups is 1. The first-order valence-electron chi connectivity index (χ1n) is 6.13. The van der Waals surface area contributed by atoms with Crippen LogP contribution in [0.1, 0.15) is 24.2 Å². The fraction of sp³-hybridized carbons (Fsp3) is 0.200. The lowest BCUT2D eigenvalue weighted by atomic mass is 9.84. The molecule has 2 atom stereocenters. The second-order valence-corrected chi connectivity index (χ2v) is 5.09. The number of hydrogen-bond donors (Lipinski definition) is 1. The second-order valence-electron chi connectivity index (χ2n) is 4.66. The second kappa shape index (κ2) is 5.97. The van der Waals surface area contributed by atoms with Crippen LogP contribution in [0.2, 0.25) is 5.02 Å². The van der Waals surface area contributed by atoms with Crippen LogP contribution in [0, 0.1) is 0 Å². The summed E-state index contributed by atoms with van der Waals surface area (Å²) in [4.78, 5) is 2.89. The minimum atomic E-state index is -1.10. The van der Waals surface area contributed by atoms with E-state index in [-0.39, 0.29) is 0 Å². The van der Waals surface area contributed by atoms with Gasteiger partial charge in [-0.1, -0.05) is 59.2 Å². The third-order valence-corrected chi connectivity index (χ3v) is 3.58. The van der Waals surface area contributed by atoms with Gasteiger partial charge < -0.3 is 5.11 Å². The van der Waals surface area contributed by atoms with E-state index >= 15 is 0 Å². The Balaban J connectivity index is 2.49. The highest BCUT2D eigenvalue weighted by atomic mass is 35.5. The molecule has 20 heavy (non-hydrogen) atoms. The number of hydrogen-bond acceptors (Lipinski definition) is 2. The molecule has 0 radical (unpaired) electrons. The summed E-state index contributed by atoms with van der Waals surface area (Å²) in [5.41, 5.74) is 9.13. The highest BCUT2D eigenvalue weighted by Crippen LogP contribution is 2.39. The SMILES string of the molecule is C[C@](N=[N+]=[N-])(c1ccc(Cl)cc1)[C@@H](O)c1ccccc1. The Morgan fingerprint density at radius 1 is 1.15 bits per heavy atom. The van der Waals surface area contributed by atoms with E-state index in [1.807, 2.05) is 18.2 Å². The maximum atomic E-state index is 10.6. The fourth-order valence-electron chi connectivity index (χ4n) is 2.11. The monoisotopic (exact) mass is 287 g/mol. The predicted octanol–water partition coefficient (Wildman–Crippen LogP) is 4.60. The molecule has 0 heterocycles. The van der Waals surface area contributed by atoms with Crippen molar-refractivity contribution in [3.8, 4) is 0 Å². The quantitative estimate of drug-likeness (QED) is 0.498. The van der Waals surface area contributed by atoms with Crippen molar-refractivity contribution in [2.45, 2.75) is 18.6 Å². The van der Waals surface area contributed by atoms with E-state index in [1.165, 1.54) is 0 Å². The van der Waals surface area contributed by atoms with Gasteiger partial charge in [-0.25, -0.2) is 0 Å². The average Bonchev–Trinajstić information content (AvgIpc) is 2.48. The molecule has 5 heteroatoms. The van der Waals surface area contributed by atoms with Gasteiger partial charge >= 0.3 is 0 Å². The summed E-state index contributed by atoms with van der Waals surface area (Å²) in [5.74, 6) is 0. The summed E-state index contributed by atoms with van der Waals surface area (Å²) in [6.45, 7) is 1.70. The Bertz CT molecular complexity index is 623. The number of aliphatic hydroxyl groups excluding tert-OH is 1. The van der Waals surface area contributed by atoms with Crippen LogP contribution in [0.15, 0.2) is 59.7 Å². The molecular formula is C15H14ClN3O. The average molecular weight is 288 g/mol. The summed E-state index contributed by atoms with van der Waals surface area (Å²) in [5, 5.41) is 15.0. The van der Waals surface area contributed by atoms with Gasteiger partial charge in [0.15, 0.2) is 0 Å². The number of halogens is 1. The molecule has 4 nitrogen and oxygen atoms in total. The van der Waals surface area contributed by atoms with E-state index in [0.717, 1.165) is 0 Å². The Kier molecular flexibility index (Phi) is 4.30. The van der Waals surface area contributed by atoms with Crippen molar-refractivity contribution in [1.82, 2.24) is 0 Å². The number of nitrogens with zero attached hydrogens (tertiary/aromatic N) is 3. The van der Waals surface area contributed by atoms with E-state index in [9.17, 15) is 5.11 Å². The van der Waals surface area contributed by atoms with Crippen molar-refractivity contribution in [3.05, 3.63) is 81.2 Å². The van der Waals surface area contributed by atoms with Gasteiger partial charge in [0, 0.05) is 9.93 Å². The molecule has 0 saturated carbocycles. The van der Waals surface area contributed by atoms with Crippen molar-refractivity contribution in [2.75, 3.05) is 0 Å². The van der Waals surface area contributed by atoms with Gasteiger partial charge in [0.25, 0.3) is 0 Å². The maximum Gasteiger partial charge on any atom is 0.101 e. The molecule has 0 aliphatic rings. The molecule has 1 N–H and O–H groups in total. The Morgan fingerprint density at radius 3 is 2.30 bits per heavy atom. The first kappa shape index (κ1) is 14.4. The zero-order valence-corrected chi connectivity index (χ0v) is 11.7. The van der Waals surface area contributed by atoms with E-state index in [2.05, 4.69) is 10.0 Å². The summed E-state index contributed by atoms with van der Waals surface area (Å²) >= 11 is 5.87. The van der Waals surface area contributed by atoms with E-state index in [4.69, 9.17) is 17.1 Å². The van der Waals surface area contributed by atoms with Gasteiger partial charge in [0.2, 0.25) is 0 Å². The molecule has 0 spiro atoms. The lowest BCUT2D eigenvalue weighted by molar-refractivity contribution is 0.0934. The summed E-state index contributed by atoms with van der Waals surface area (Å²) in [6, 6.07) is 16.0. The lowest BCUT2D eigenvalue weighted by Gasteiger charge is -2.30. The van der Waals surface area contributed by atoms with Gasteiger partial charge in [-0.2, -0.15) is 0 Å². The molecule has 2 rings (SSSR count). The summed E-state index contributed by atoms with van der Waals surface area (Å²) in [7, 11) is 0. The minimum Gasteiger partial charge on any atom is -0.387 e. The molecule has 0 saturated heterocycles. The van der Waals surface area contributed by atoms with Crippen LogP contribution in [-0.2, 0) is 5.54 Å². The predicted molar refractivity (Wildman–Crippen MR) is 79.4 cm³/mol. The van der Waals surface area contributed by atoms with Crippen molar-refractivity contribution >= 4 is 11.6 Å². The third-order valence-electron chi connectivity index (χ3n) is 3.33. The van der Waals surface area contributed by atoms with Crippen LogP contribution in [0.4, 0.5) is 0 Å². The van der Waals surface area contributed by atoms with Crippen molar-refractivity contribution in [3.63, 3.8) is 0 Å². The third kappa shape index (κ3) is 2.78. The molecule has 2 aromatic carbocycles. The molecule has 0 aliphatic heterocycles. The first-order chi connectivity index (χ1) is 9.58. The van der Waals surface area contributed by atoms with Crippen molar-refractivity contribution in [2.24, 2.45) is 5.11 Å². The molecular weight excluding hydrogens is 274 g/mol. The van der Waals surface area contributed by atoms with Gasteiger partial charge in [0.05, 0.1) is 6.10 Å². The van der Waals surface area contributed by atoms with Gasteiger partial charge in [-0.3, -0.25) is 0 Å². The van der Waals surface area contributed by atoms with E-state index in [0.29, 0.717) is 16.1 Å². The first-order valence-corrected chi connectivity index (χ1v) is 6.51. The number of aliphatic hydroxyl groups is 1. The number of rotatable bonds is 4. The summed E-state index contributed by atoms with van der Waals surface area (Å²) in [6.07, 6.45) is -0.944. The van der Waals surface area contributed by atoms with Crippen LogP contribution in [0.25, 0.3) is 10.4 Å². The van der Waals surface area contributed by atoms with Crippen LogP contribution in [0.3, 0.4) is 0 Å². The van der Waals surface area contributed by atoms with E-state index in [1.54, 1.807) is 43.3 Å². The Labute approximate surface area is 122 Å². The molecule has 0 aliphatic carbocycles. The van der Waals surface area contributed by atoms with Gasteiger partial charge in [-0.05, 0) is 35.7 Å². The highest BCUT2D eigenvalue weighted by Gasteiger charge is 2.35. The van der Waals surface area contributed by atoms with Crippen LogP contribution >= 0.6 is 11.6 Å². The zero-order valence-electron chi connectivity index (χ0n) is 10.9. The molecule has 0 fully saturated rings. The lowest BCUT2D eigenvalue weighted by Crippen LogP contribution is -2.27. The topological polar surface area (TPSA) is 69.0 Å². The smallest absolute Gasteiger partial charge is 0.101 e. The Morgan fingerprint density at radius 2 is 1.75 bits per heavy atom. The molecule has 2 aromatic rings. The highest BCUT2D eigenvalue weighted by molar-refractivity contribution is 6.30. The van der Waals surface area contributed by atoms with Gasteiger partial charge in [-0.15, -0.1) is 0 Å². The number of benzene rings is 2. The largest absolute Gasteiger partial charge is 0.387 e. The normalized spacial score (nSPS) is 14.9. The van der Waals surface area contributed by atoms with Crippen LogP contribution in [0.5, 0.6) is 0 Å². The molecule has 0 aromatic heterocycles. The summed E-state index contributed by atoms with van der Waals surface area (Å²) < 4.78 is 0.